The highest BCUT2D eigenvalue weighted by Gasteiger charge is 2.23. The molecule has 1 aromatic heterocycles. The number of aromatic nitrogens is 2. The first-order valence-corrected chi connectivity index (χ1v) is 11.7. The fourth-order valence-corrected chi connectivity index (χ4v) is 3.56. The summed E-state index contributed by atoms with van der Waals surface area (Å²) in [7, 11) is 1.61. The molecule has 3 aromatic rings. The topological polar surface area (TPSA) is 88.5 Å². The van der Waals surface area contributed by atoms with Crippen LogP contribution in [0.2, 0.25) is 0 Å². The molecule has 186 valence electrons. The Bertz CT molecular complexity index is 1130. The Morgan fingerprint density at radius 3 is 2.29 bits per heavy atom. The van der Waals surface area contributed by atoms with E-state index in [1.165, 1.54) is 4.90 Å². The highest BCUT2D eigenvalue weighted by molar-refractivity contribution is 5.94. The monoisotopic (exact) mass is 477 g/mol. The molecule has 0 fully saturated rings. The molecule has 0 bridgehead atoms. The number of methoxy groups -OCH3 is 1. The second-order valence-electron chi connectivity index (χ2n) is 9.89. The van der Waals surface area contributed by atoms with Gasteiger partial charge in [-0.05, 0) is 51.0 Å². The van der Waals surface area contributed by atoms with Crippen LogP contribution < -0.4 is 15.4 Å². The molecule has 2 N–H and O–H groups in total. The summed E-state index contributed by atoms with van der Waals surface area (Å²) in [5, 5.41) is 10.6. The molecule has 2 aromatic carbocycles. The van der Waals surface area contributed by atoms with E-state index in [0.717, 1.165) is 22.7 Å². The Hall–Kier alpha value is -3.81. The zero-order chi connectivity index (χ0) is 25.6. The van der Waals surface area contributed by atoms with Gasteiger partial charge < -0.3 is 20.3 Å². The predicted molar refractivity (Wildman–Crippen MR) is 139 cm³/mol. The molecule has 1 heterocycles. The van der Waals surface area contributed by atoms with Crippen molar-refractivity contribution in [3.8, 4) is 22.7 Å². The number of amides is 3. The Morgan fingerprint density at radius 1 is 1.06 bits per heavy atom. The molecule has 0 saturated carbocycles. The Labute approximate surface area is 207 Å². The van der Waals surface area contributed by atoms with E-state index in [-0.39, 0.29) is 24.4 Å². The third-order valence-corrected chi connectivity index (χ3v) is 5.05. The van der Waals surface area contributed by atoms with E-state index in [9.17, 15) is 9.59 Å². The minimum atomic E-state index is -0.402. The van der Waals surface area contributed by atoms with Crippen LogP contribution in [0.5, 0.6) is 5.75 Å². The quantitative estimate of drug-likeness (QED) is 0.480. The van der Waals surface area contributed by atoms with Crippen molar-refractivity contribution < 1.29 is 14.3 Å². The van der Waals surface area contributed by atoms with E-state index < -0.39 is 5.54 Å². The van der Waals surface area contributed by atoms with Crippen LogP contribution in [0.25, 0.3) is 16.9 Å². The Balaban J connectivity index is 1.88. The van der Waals surface area contributed by atoms with E-state index in [4.69, 9.17) is 9.84 Å². The van der Waals surface area contributed by atoms with Crippen LogP contribution in [0.3, 0.4) is 0 Å². The molecular formula is C27H35N5O3. The summed E-state index contributed by atoms with van der Waals surface area (Å²) in [5.74, 6) is 1.15. The summed E-state index contributed by atoms with van der Waals surface area (Å²) >= 11 is 0. The maximum Gasteiger partial charge on any atom is 0.318 e. The minimum absolute atomic E-state index is 0.0748. The normalized spacial score (nSPS) is 11.3. The van der Waals surface area contributed by atoms with E-state index in [0.29, 0.717) is 12.4 Å². The van der Waals surface area contributed by atoms with Gasteiger partial charge in [-0.3, -0.25) is 4.79 Å². The molecule has 0 aliphatic carbocycles. The lowest BCUT2D eigenvalue weighted by Gasteiger charge is -2.29. The smallest absolute Gasteiger partial charge is 0.318 e. The van der Waals surface area contributed by atoms with Crippen LogP contribution in [0, 0.1) is 5.92 Å². The van der Waals surface area contributed by atoms with Crippen molar-refractivity contribution in [1.82, 2.24) is 20.0 Å². The van der Waals surface area contributed by atoms with Crippen LogP contribution in [0.4, 0.5) is 10.6 Å². The molecule has 35 heavy (non-hydrogen) atoms. The second kappa shape index (κ2) is 11.1. The molecule has 3 amide bonds. The number of nitrogens with one attached hydrogen (secondary N) is 2. The molecular weight excluding hydrogens is 442 g/mol. The number of carbonyl (C=O) groups excluding carboxylic acids is 2. The number of ether oxygens (including phenoxy) is 1. The lowest BCUT2D eigenvalue weighted by molar-refractivity contribution is -0.116. The van der Waals surface area contributed by atoms with Gasteiger partial charge in [0, 0.05) is 23.7 Å². The standard InChI is InChI=1S/C27H35N5O3/c1-19(2)17-31(26(34)29-27(3,4)5)18-25(33)28-24-16-23(20-10-8-7-9-11-20)30-32(24)21-12-14-22(35-6)15-13-21/h7-16,19H,17-18H2,1-6H3,(H,28,33)(H,29,34). The number of urea groups is 1. The van der Waals surface area contributed by atoms with Crippen LogP contribution in [-0.2, 0) is 4.79 Å². The average molecular weight is 478 g/mol. The van der Waals surface area contributed by atoms with Crippen molar-refractivity contribution in [2.24, 2.45) is 5.92 Å². The fourth-order valence-electron chi connectivity index (χ4n) is 3.56. The molecule has 8 heteroatoms. The van der Waals surface area contributed by atoms with Crippen LogP contribution in [-0.4, -0.2) is 52.4 Å². The summed E-state index contributed by atoms with van der Waals surface area (Å²) in [4.78, 5) is 27.5. The van der Waals surface area contributed by atoms with E-state index in [1.54, 1.807) is 11.8 Å². The average Bonchev–Trinajstić information content (AvgIpc) is 3.21. The molecule has 0 atom stereocenters. The summed E-state index contributed by atoms with van der Waals surface area (Å²) < 4.78 is 6.95. The first kappa shape index (κ1) is 25.8. The summed E-state index contributed by atoms with van der Waals surface area (Å²) in [6.45, 7) is 10.2. The van der Waals surface area contributed by atoms with Crippen LogP contribution in [0.15, 0.2) is 60.7 Å². The van der Waals surface area contributed by atoms with Gasteiger partial charge in [-0.1, -0.05) is 44.2 Å². The zero-order valence-corrected chi connectivity index (χ0v) is 21.3. The number of nitrogens with zero attached hydrogens (tertiary/aromatic N) is 3. The van der Waals surface area contributed by atoms with Gasteiger partial charge >= 0.3 is 6.03 Å². The van der Waals surface area contributed by atoms with Gasteiger partial charge in [-0.25, -0.2) is 9.48 Å². The number of hydrogen-bond donors (Lipinski definition) is 2. The number of hydrogen-bond acceptors (Lipinski definition) is 4. The van der Waals surface area contributed by atoms with Gasteiger partial charge in [0.15, 0.2) is 0 Å². The molecule has 0 spiro atoms. The van der Waals surface area contributed by atoms with Gasteiger partial charge in [-0.15, -0.1) is 0 Å². The summed E-state index contributed by atoms with van der Waals surface area (Å²) in [5.41, 5.74) is 2.02. The highest BCUT2D eigenvalue weighted by atomic mass is 16.5. The van der Waals surface area contributed by atoms with E-state index >= 15 is 0 Å². The number of benzene rings is 2. The first-order chi connectivity index (χ1) is 16.6. The molecule has 0 saturated heterocycles. The van der Waals surface area contributed by atoms with Crippen molar-refractivity contribution in [1.29, 1.82) is 0 Å². The van der Waals surface area contributed by atoms with Crippen molar-refractivity contribution in [2.75, 3.05) is 25.5 Å². The predicted octanol–water partition coefficient (Wildman–Crippen LogP) is 4.95. The highest BCUT2D eigenvalue weighted by Crippen LogP contribution is 2.26. The van der Waals surface area contributed by atoms with Crippen molar-refractivity contribution in [3.63, 3.8) is 0 Å². The maximum atomic E-state index is 13.1. The van der Waals surface area contributed by atoms with Gasteiger partial charge in [0.25, 0.3) is 0 Å². The minimum Gasteiger partial charge on any atom is -0.497 e. The number of rotatable bonds is 8. The maximum absolute atomic E-state index is 13.1. The molecule has 8 nitrogen and oxygen atoms in total. The zero-order valence-electron chi connectivity index (χ0n) is 21.3. The molecule has 3 rings (SSSR count). The number of carbonyl (C=O) groups is 2. The SMILES string of the molecule is COc1ccc(-n2nc(-c3ccccc3)cc2NC(=O)CN(CC(C)C)C(=O)NC(C)(C)C)cc1. The van der Waals surface area contributed by atoms with Crippen molar-refractivity contribution in [3.05, 3.63) is 60.7 Å². The number of anilines is 1. The third kappa shape index (κ3) is 7.34. The lowest BCUT2D eigenvalue weighted by atomic mass is 10.1. The van der Waals surface area contributed by atoms with Crippen LogP contribution in [0.1, 0.15) is 34.6 Å². The van der Waals surface area contributed by atoms with E-state index in [1.807, 2.05) is 95.3 Å². The van der Waals surface area contributed by atoms with Crippen molar-refractivity contribution in [2.45, 2.75) is 40.2 Å². The summed E-state index contributed by atoms with van der Waals surface area (Å²) in [6, 6.07) is 18.7. The Morgan fingerprint density at radius 2 is 1.71 bits per heavy atom. The van der Waals surface area contributed by atoms with Crippen molar-refractivity contribution >= 4 is 17.8 Å². The Kier molecular flexibility index (Phi) is 8.17. The van der Waals surface area contributed by atoms with Gasteiger partial charge in [-0.2, -0.15) is 5.10 Å². The lowest BCUT2D eigenvalue weighted by Crippen LogP contribution is -2.51. The molecule has 0 aliphatic heterocycles. The molecule has 0 aliphatic rings. The fraction of sp³-hybridized carbons (Fsp3) is 0.370. The van der Waals surface area contributed by atoms with Gasteiger partial charge in [0.1, 0.15) is 18.1 Å². The third-order valence-electron chi connectivity index (χ3n) is 5.05. The second-order valence-corrected chi connectivity index (χ2v) is 9.89. The first-order valence-electron chi connectivity index (χ1n) is 11.7. The van der Waals surface area contributed by atoms with Gasteiger partial charge in [0.05, 0.1) is 18.5 Å². The molecule has 0 radical (unpaired) electrons. The largest absolute Gasteiger partial charge is 0.497 e. The summed E-state index contributed by atoms with van der Waals surface area (Å²) in [6.07, 6.45) is 0. The van der Waals surface area contributed by atoms with E-state index in [2.05, 4.69) is 10.6 Å². The van der Waals surface area contributed by atoms with Crippen LogP contribution >= 0.6 is 0 Å². The molecule has 0 unspecified atom stereocenters. The van der Waals surface area contributed by atoms with Gasteiger partial charge in [0.2, 0.25) is 5.91 Å².